The molecule has 0 fully saturated rings. The lowest BCUT2D eigenvalue weighted by Gasteiger charge is -2.20. The topological polar surface area (TPSA) is 37.9 Å². The Bertz CT molecular complexity index is 2620. The molecule has 0 bridgehead atoms. The van der Waals surface area contributed by atoms with Crippen molar-refractivity contribution in [3.8, 4) is 22.3 Å². The fourth-order valence-corrected chi connectivity index (χ4v) is 7.20. The van der Waals surface area contributed by atoms with Gasteiger partial charge in [-0.3, -0.25) is 4.99 Å². The third-order valence-corrected chi connectivity index (χ3v) is 9.93. The van der Waals surface area contributed by atoms with Gasteiger partial charge >= 0.3 is 0 Å². The Labute approximate surface area is 298 Å². The molecule has 0 spiro atoms. The zero-order chi connectivity index (χ0) is 34.1. The first-order chi connectivity index (χ1) is 25.2. The number of amidine groups is 1. The molecular formula is C48H36N2O. The third kappa shape index (κ3) is 6.19. The molecule has 0 saturated heterocycles. The van der Waals surface area contributed by atoms with Crippen LogP contribution in [0.3, 0.4) is 0 Å². The predicted molar refractivity (Wildman–Crippen MR) is 215 cm³/mol. The molecule has 7 aromatic rings. The summed E-state index contributed by atoms with van der Waals surface area (Å²) in [6.07, 6.45) is 14.3. The van der Waals surface area contributed by atoms with Gasteiger partial charge in [0.1, 0.15) is 17.0 Å². The lowest BCUT2D eigenvalue weighted by molar-refractivity contribution is 0.669. The summed E-state index contributed by atoms with van der Waals surface area (Å²) in [7, 11) is 0. The number of furan rings is 1. The van der Waals surface area contributed by atoms with E-state index in [0.29, 0.717) is 0 Å². The molecule has 1 aliphatic heterocycles. The highest BCUT2D eigenvalue weighted by Crippen LogP contribution is 2.40. The first-order valence-electron chi connectivity index (χ1n) is 17.7. The number of hydrogen-bond acceptors (Lipinski definition) is 3. The van der Waals surface area contributed by atoms with Gasteiger partial charge in [0.2, 0.25) is 0 Å². The maximum absolute atomic E-state index is 6.13. The first kappa shape index (κ1) is 30.7. The van der Waals surface area contributed by atoms with E-state index in [1.165, 1.54) is 49.7 Å². The van der Waals surface area contributed by atoms with Crippen molar-refractivity contribution in [2.24, 2.45) is 9.98 Å². The number of benzene rings is 6. The van der Waals surface area contributed by atoms with Gasteiger partial charge in [0.15, 0.2) is 0 Å². The Kier molecular flexibility index (Phi) is 7.94. The van der Waals surface area contributed by atoms with Crippen molar-refractivity contribution in [1.82, 2.24) is 0 Å². The fourth-order valence-electron chi connectivity index (χ4n) is 7.20. The average Bonchev–Trinajstić information content (AvgIpc) is 3.88. The van der Waals surface area contributed by atoms with Crippen molar-refractivity contribution in [2.75, 3.05) is 0 Å². The third-order valence-electron chi connectivity index (χ3n) is 9.93. The van der Waals surface area contributed by atoms with Crippen LogP contribution in [0.1, 0.15) is 36.9 Å². The summed E-state index contributed by atoms with van der Waals surface area (Å²) in [6.45, 7) is 2.02. The van der Waals surface area contributed by atoms with Crippen molar-refractivity contribution < 1.29 is 4.42 Å². The molecular weight excluding hydrogens is 621 g/mol. The van der Waals surface area contributed by atoms with Crippen molar-refractivity contribution in [2.45, 2.75) is 25.8 Å². The lowest BCUT2D eigenvalue weighted by Crippen LogP contribution is -2.14. The van der Waals surface area contributed by atoms with E-state index >= 15 is 0 Å². The van der Waals surface area contributed by atoms with Gasteiger partial charge in [0.05, 0.1) is 6.04 Å². The lowest BCUT2D eigenvalue weighted by atomic mass is 9.94. The van der Waals surface area contributed by atoms with Crippen LogP contribution in [0.25, 0.3) is 60.5 Å². The van der Waals surface area contributed by atoms with Crippen molar-refractivity contribution in [3.05, 3.63) is 187 Å². The van der Waals surface area contributed by atoms with Crippen molar-refractivity contribution in [3.63, 3.8) is 0 Å². The van der Waals surface area contributed by atoms with Crippen LogP contribution in [0.5, 0.6) is 0 Å². The minimum absolute atomic E-state index is 0.0284. The summed E-state index contributed by atoms with van der Waals surface area (Å²) < 4.78 is 6.13. The smallest absolute Gasteiger partial charge is 0.147 e. The molecule has 244 valence electrons. The zero-order valence-corrected chi connectivity index (χ0v) is 28.5. The molecule has 1 aromatic heterocycles. The second-order valence-corrected chi connectivity index (χ2v) is 13.2. The summed E-state index contributed by atoms with van der Waals surface area (Å²) in [5.74, 6) is 0.774. The highest BCUT2D eigenvalue weighted by atomic mass is 16.3. The second-order valence-electron chi connectivity index (χ2n) is 13.2. The molecule has 0 saturated carbocycles. The Morgan fingerprint density at radius 3 is 2.25 bits per heavy atom. The largest absolute Gasteiger partial charge is 0.456 e. The highest BCUT2D eigenvalue weighted by Gasteiger charge is 2.22. The van der Waals surface area contributed by atoms with E-state index in [9.17, 15) is 0 Å². The van der Waals surface area contributed by atoms with E-state index in [0.717, 1.165) is 51.9 Å². The molecule has 2 aliphatic rings. The number of nitrogens with zero attached hydrogens (tertiary/aromatic N) is 2. The molecule has 3 nitrogen and oxygen atoms in total. The van der Waals surface area contributed by atoms with Gasteiger partial charge in [-0.15, -0.1) is 0 Å². The normalized spacial score (nSPS) is 16.8. The summed E-state index contributed by atoms with van der Waals surface area (Å²) in [5, 5.41) is 4.84. The van der Waals surface area contributed by atoms with Gasteiger partial charge in [-0.1, -0.05) is 140 Å². The fraction of sp³-hybridized carbons (Fsp3) is 0.0833. The summed E-state index contributed by atoms with van der Waals surface area (Å²) in [4.78, 5) is 10.0. The van der Waals surface area contributed by atoms with Crippen LogP contribution in [-0.2, 0) is 0 Å². The van der Waals surface area contributed by atoms with E-state index < -0.39 is 0 Å². The number of fused-ring (bicyclic) bond motifs is 4. The molecule has 2 heterocycles. The molecule has 0 radical (unpaired) electrons. The van der Waals surface area contributed by atoms with Gasteiger partial charge in [0, 0.05) is 29.3 Å². The van der Waals surface area contributed by atoms with E-state index in [1.54, 1.807) is 0 Å². The van der Waals surface area contributed by atoms with E-state index in [2.05, 4.69) is 133 Å². The molecule has 1 atom stereocenters. The Hall–Kier alpha value is -6.32. The maximum Gasteiger partial charge on any atom is 0.147 e. The van der Waals surface area contributed by atoms with Gasteiger partial charge in [-0.2, -0.15) is 0 Å². The van der Waals surface area contributed by atoms with Crippen LogP contribution >= 0.6 is 0 Å². The summed E-state index contributed by atoms with van der Waals surface area (Å²) >= 11 is 0. The van der Waals surface area contributed by atoms with Gasteiger partial charge in [0.25, 0.3) is 0 Å². The van der Waals surface area contributed by atoms with E-state index in [4.69, 9.17) is 14.4 Å². The van der Waals surface area contributed by atoms with E-state index in [1.807, 2.05) is 43.4 Å². The van der Waals surface area contributed by atoms with Crippen LogP contribution < -0.4 is 0 Å². The monoisotopic (exact) mass is 656 g/mol. The Morgan fingerprint density at radius 2 is 1.39 bits per heavy atom. The maximum atomic E-state index is 6.13. The predicted octanol–water partition coefficient (Wildman–Crippen LogP) is 12.9. The zero-order valence-electron chi connectivity index (χ0n) is 28.5. The quantitative estimate of drug-likeness (QED) is 0.150. The Morgan fingerprint density at radius 1 is 0.667 bits per heavy atom. The molecule has 0 amide bonds. The second kappa shape index (κ2) is 13.2. The highest BCUT2D eigenvalue weighted by molar-refractivity contribution is 6.07. The molecule has 3 heteroatoms. The molecule has 1 aliphatic carbocycles. The first-order valence-corrected chi connectivity index (χ1v) is 17.7. The van der Waals surface area contributed by atoms with Gasteiger partial charge < -0.3 is 4.42 Å². The molecule has 9 rings (SSSR count). The number of para-hydroxylation sites is 1. The minimum atomic E-state index is 0.0284. The number of hydrogen-bond donors (Lipinski definition) is 0. The molecule has 6 aromatic carbocycles. The standard InChI is InChI=1S/C48H36N2O/c1-2-3-4-16-48-49-39(31-45(50-48)36-23-21-34(22-24-36)41-14-9-11-33-10-5-6-12-40(33)41)27-25-38-29-44(38)35-19-17-32(18-20-35)37-26-28-43-42-13-7-8-15-46(42)51-47(43)30-37/h2-26,28-30,45H,27,31H2,1H3/b3-2-,16-4-,38-25-. The van der Waals surface area contributed by atoms with Gasteiger partial charge in [-0.05, 0) is 92.6 Å². The van der Waals surface area contributed by atoms with Crippen molar-refractivity contribution >= 4 is 49.8 Å². The molecule has 0 N–H and O–H groups in total. The number of aliphatic imine (C=N–C) groups is 2. The number of rotatable bonds is 8. The SMILES string of the molecule is C/C=C\C=C/C1=NC(c2ccc(-c3cccc4ccccc34)cc2)CC(C/C=C2C=C/2c2ccc(-c3ccc4c(c3)oc3ccccc34)cc2)=N1. The average molecular weight is 657 g/mol. The van der Waals surface area contributed by atoms with Crippen LogP contribution in [0.4, 0.5) is 0 Å². The minimum Gasteiger partial charge on any atom is -0.456 e. The van der Waals surface area contributed by atoms with Crippen LogP contribution in [0.2, 0.25) is 0 Å². The van der Waals surface area contributed by atoms with Crippen molar-refractivity contribution in [1.29, 1.82) is 0 Å². The van der Waals surface area contributed by atoms with Crippen LogP contribution in [0.15, 0.2) is 190 Å². The van der Waals surface area contributed by atoms with E-state index in [-0.39, 0.29) is 6.04 Å². The van der Waals surface area contributed by atoms with Crippen LogP contribution in [-0.4, -0.2) is 11.5 Å². The van der Waals surface area contributed by atoms with Gasteiger partial charge in [-0.25, -0.2) is 4.99 Å². The summed E-state index contributed by atoms with van der Waals surface area (Å²) in [5.41, 5.74) is 12.8. The molecule has 1 unspecified atom stereocenters. The molecule has 51 heavy (non-hydrogen) atoms. The summed E-state index contributed by atoms with van der Waals surface area (Å²) in [6, 6.07) is 47.6. The number of allylic oxidation sites excluding steroid dienone is 7. The Balaban J connectivity index is 0.901. The van der Waals surface area contributed by atoms with Crippen LogP contribution in [0, 0.1) is 0 Å².